The van der Waals surface area contributed by atoms with Crippen molar-refractivity contribution in [2.75, 3.05) is 18.4 Å². The Bertz CT molecular complexity index is 1110. The predicted molar refractivity (Wildman–Crippen MR) is 130 cm³/mol. The van der Waals surface area contributed by atoms with Gasteiger partial charge in [0.15, 0.2) is 0 Å². The summed E-state index contributed by atoms with van der Waals surface area (Å²) in [7, 11) is 1.52. The SMILES string of the molecule is COCSC(C)C(=O)Nc1ccc(C2=CC(c3cc(Cl)c(Cl)c(Cl)c3)(C(F)(F)F)ON2)cc1Cl. The molecule has 3 rings (SSSR count). The van der Waals surface area contributed by atoms with E-state index in [0.29, 0.717) is 17.2 Å². The maximum absolute atomic E-state index is 14.2. The Morgan fingerprint density at radius 3 is 2.38 bits per heavy atom. The fourth-order valence-corrected chi connectivity index (χ4v) is 4.39. The van der Waals surface area contributed by atoms with Crippen LogP contribution in [-0.4, -0.2) is 30.4 Å². The van der Waals surface area contributed by atoms with Crippen LogP contribution < -0.4 is 10.8 Å². The third kappa shape index (κ3) is 5.56. The molecule has 2 N–H and O–H groups in total. The van der Waals surface area contributed by atoms with Crippen molar-refractivity contribution in [3.05, 3.63) is 67.6 Å². The monoisotopic (exact) mass is 574 g/mol. The first-order valence-electron chi connectivity index (χ1n) is 9.49. The minimum atomic E-state index is -4.88. The van der Waals surface area contributed by atoms with Gasteiger partial charge >= 0.3 is 6.18 Å². The lowest BCUT2D eigenvalue weighted by Gasteiger charge is -2.29. The Morgan fingerprint density at radius 1 is 1.18 bits per heavy atom. The molecule has 1 aliphatic heterocycles. The molecule has 2 unspecified atom stereocenters. The third-order valence-electron chi connectivity index (χ3n) is 4.85. The first kappa shape index (κ1) is 27.3. The number of carbonyl (C=O) groups is 1. The normalized spacial score (nSPS) is 18.9. The van der Waals surface area contributed by atoms with Crippen molar-refractivity contribution in [1.29, 1.82) is 0 Å². The number of nitrogens with one attached hydrogen (secondary N) is 2. The van der Waals surface area contributed by atoms with Crippen LogP contribution >= 0.6 is 58.2 Å². The zero-order valence-corrected chi connectivity index (χ0v) is 21.4. The molecule has 34 heavy (non-hydrogen) atoms. The van der Waals surface area contributed by atoms with Gasteiger partial charge in [-0.3, -0.25) is 15.1 Å². The topological polar surface area (TPSA) is 59.6 Å². The van der Waals surface area contributed by atoms with E-state index >= 15 is 0 Å². The zero-order valence-electron chi connectivity index (χ0n) is 17.5. The fourth-order valence-electron chi connectivity index (χ4n) is 3.02. The first-order valence-corrected chi connectivity index (χ1v) is 12.1. The lowest BCUT2D eigenvalue weighted by Crippen LogP contribution is -2.42. The number of amides is 1. The van der Waals surface area contributed by atoms with Crippen molar-refractivity contribution in [3.8, 4) is 0 Å². The summed E-state index contributed by atoms with van der Waals surface area (Å²) in [6.07, 6.45) is -4.02. The quantitative estimate of drug-likeness (QED) is 0.268. The Morgan fingerprint density at radius 2 is 1.82 bits per heavy atom. The summed E-state index contributed by atoms with van der Waals surface area (Å²) in [6.45, 7) is 1.71. The van der Waals surface area contributed by atoms with Gasteiger partial charge in [0.2, 0.25) is 11.5 Å². The van der Waals surface area contributed by atoms with Gasteiger partial charge in [-0.15, -0.1) is 11.8 Å². The van der Waals surface area contributed by atoms with Crippen LogP contribution in [0.1, 0.15) is 18.1 Å². The second-order valence-electron chi connectivity index (χ2n) is 7.15. The average molecular weight is 576 g/mol. The van der Waals surface area contributed by atoms with E-state index in [-0.39, 0.29) is 37.3 Å². The smallest absolute Gasteiger partial charge is 0.374 e. The number of hydrogen-bond donors (Lipinski definition) is 2. The number of benzene rings is 2. The maximum atomic E-state index is 14.2. The van der Waals surface area contributed by atoms with Crippen LogP contribution in [0.5, 0.6) is 0 Å². The van der Waals surface area contributed by atoms with Gasteiger partial charge in [-0.2, -0.15) is 13.2 Å². The Labute approximate surface area is 217 Å². The van der Waals surface area contributed by atoms with E-state index < -0.39 is 17.0 Å². The lowest BCUT2D eigenvalue weighted by molar-refractivity contribution is -0.269. The fraction of sp³-hybridized carbons (Fsp3) is 0.286. The van der Waals surface area contributed by atoms with Gasteiger partial charge in [-0.25, -0.2) is 0 Å². The highest BCUT2D eigenvalue weighted by molar-refractivity contribution is 8.00. The molecule has 0 bridgehead atoms. The molecular weight excluding hydrogens is 559 g/mol. The molecule has 1 heterocycles. The van der Waals surface area contributed by atoms with E-state index in [0.717, 1.165) is 18.2 Å². The van der Waals surface area contributed by atoms with Crippen LogP contribution in [0.3, 0.4) is 0 Å². The first-order chi connectivity index (χ1) is 15.9. The summed E-state index contributed by atoms with van der Waals surface area (Å²) in [5.41, 5.74) is -0.333. The van der Waals surface area contributed by atoms with Crippen molar-refractivity contribution < 1.29 is 27.5 Å². The van der Waals surface area contributed by atoms with Gasteiger partial charge in [-0.1, -0.05) is 52.5 Å². The predicted octanol–water partition coefficient (Wildman–Crippen LogP) is 7.30. The Kier molecular flexibility index (Phi) is 8.61. The third-order valence-corrected chi connectivity index (χ3v) is 7.44. The summed E-state index contributed by atoms with van der Waals surface area (Å²) >= 11 is 25.4. The summed E-state index contributed by atoms with van der Waals surface area (Å²) in [4.78, 5) is 17.4. The molecule has 2 atom stereocenters. The highest BCUT2D eigenvalue weighted by Gasteiger charge is 2.59. The Hall–Kier alpha value is -1.33. The van der Waals surface area contributed by atoms with Crippen molar-refractivity contribution in [2.24, 2.45) is 0 Å². The molecule has 184 valence electrons. The molecule has 2 aromatic carbocycles. The van der Waals surface area contributed by atoms with Crippen LogP contribution in [0.4, 0.5) is 18.9 Å². The molecule has 0 fully saturated rings. The van der Waals surface area contributed by atoms with E-state index in [1.54, 1.807) is 6.92 Å². The molecule has 0 aromatic heterocycles. The number of halogens is 7. The van der Waals surface area contributed by atoms with E-state index in [1.807, 2.05) is 0 Å². The number of rotatable bonds is 7. The minimum Gasteiger partial charge on any atom is -0.374 e. The highest BCUT2D eigenvalue weighted by atomic mass is 35.5. The van der Waals surface area contributed by atoms with Crippen LogP contribution in [0.25, 0.3) is 5.70 Å². The van der Waals surface area contributed by atoms with E-state index in [4.69, 9.17) is 56.0 Å². The molecule has 0 saturated heterocycles. The van der Waals surface area contributed by atoms with Crippen molar-refractivity contribution in [3.63, 3.8) is 0 Å². The molecule has 1 amide bonds. The summed E-state index contributed by atoms with van der Waals surface area (Å²) < 4.78 is 47.5. The van der Waals surface area contributed by atoms with Gasteiger partial charge < -0.3 is 10.1 Å². The van der Waals surface area contributed by atoms with Crippen molar-refractivity contribution >= 4 is 75.5 Å². The van der Waals surface area contributed by atoms with Crippen LogP contribution in [-0.2, 0) is 20.0 Å². The number of hydrogen-bond acceptors (Lipinski definition) is 5. The minimum absolute atomic E-state index is 0.00307. The second-order valence-corrected chi connectivity index (χ2v) is 10.0. The van der Waals surface area contributed by atoms with Gasteiger partial charge in [0, 0.05) is 18.2 Å². The van der Waals surface area contributed by atoms with Gasteiger partial charge in [-0.05, 0) is 37.3 Å². The number of hydroxylamine groups is 1. The maximum Gasteiger partial charge on any atom is 0.428 e. The number of anilines is 1. The van der Waals surface area contributed by atoms with Crippen LogP contribution in [0.2, 0.25) is 20.1 Å². The molecule has 0 spiro atoms. The molecule has 2 aromatic rings. The largest absolute Gasteiger partial charge is 0.428 e. The van der Waals surface area contributed by atoms with Gasteiger partial charge in [0.05, 0.1) is 42.7 Å². The number of ether oxygens (including phenoxy) is 1. The van der Waals surface area contributed by atoms with Crippen LogP contribution in [0.15, 0.2) is 36.4 Å². The van der Waals surface area contributed by atoms with Gasteiger partial charge in [0.1, 0.15) is 0 Å². The second kappa shape index (κ2) is 10.7. The molecule has 0 aliphatic carbocycles. The van der Waals surface area contributed by atoms with E-state index in [2.05, 4.69) is 10.8 Å². The lowest BCUT2D eigenvalue weighted by atomic mass is 9.91. The molecule has 13 heteroatoms. The number of methoxy groups -OCH3 is 1. The molecule has 1 aliphatic rings. The van der Waals surface area contributed by atoms with E-state index in [9.17, 15) is 18.0 Å². The highest BCUT2D eigenvalue weighted by Crippen LogP contribution is 2.49. The molecule has 0 radical (unpaired) electrons. The number of alkyl halides is 3. The average Bonchev–Trinajstić information content (AvgIpc) is 3.23. The summed E-state index contributed by atoms with van der Waals surface area (Å²) in [5.74, 6) is 0.0392. The summed E-state index contributed by atoms with van der Waals surface area (Å²) in [6, 6.07) is 6.46. The van der Waals surface area contributed by atoms with E-state index in [1.165, 1.54) is 37.1 Å². The van der Waals surface area contributed by atoms with Crippen LogP contribution in [0, 0.1) is 0 Å². The molecule has 0 saturated carbocycles. The summed E-state index contributed by atoms with van der Waals surface area (Å²) in [5, 5.41) is 2.02. The Balaban J connectivity index is 1.92. The standard InChI is InChI=1S/C21H17Cl4F3N2O3S/c1-10(34-9-32-2)19(31)29-16-4-3-11(5-13(16)22)17-8-20(33-30-17,21(26,27)28)12-6-14(23)18(25)15(24)7-12/h3-8,10,30H,9H2,1-2H3,(H,29,31). The number of carbonyl (C=O) groups excluding carboxylic acids is 1. The van der Waals surface area contributed by atoms with Crippen molar-refractivity contribution in [2.45, 2.75) is 24.0 Å². The molecule has 5 nitrogen and oxygen atoms in total. The zero-order chi connectivity index (χ0) is 25.3. The molecular formula is C21H17Cl4F3N2O3S. The van der Waals surface area contributed by atoms with Crippen molar-refractivity contribution in [1.82, 2.24) is 5.48 Å². The number of thioether (sulfide) groups is 1. The van der Waals surface area contributed by atoms with Gasteiger partial charge in [0.25, 0.3) is 0 Å².